The van der Waals surface area contributed by atoms with E-state index in [2.05, 4.69) is 0 Å². The van der Waals surface area contributed by atoms with Gasteiger partial charge in [0.1, 0.15) is 5.52 Å². The van der Waals surface area contributed by atoms with Crippen molar-refractivity contribution in [3.05, 3.63) is 93.1 Å². The number of benzene rings is 3. The quantitative estimate of drug-likeness (QED) is 0.340. The van der Waals surface area contributed by atoms with Gasteiger partial charge in [-0.25, -0.2) is 22.8 Å². The predicted octanol–water partition coefficient (Wildman–Crippen LogP) is 5.27. The smallest absolute Gasteiger partial charge is 0.337 e. The minimum absolute atomic E-state index is 0.00271. The number of carbonyl (C=O) groups is 1. The van der Waals surface area contributed by atoms with Crippen LogP contribution in [0.15, 0.2) is 65.5 Å². The zero-order valence-corrected chi connectivity index (χ0v) is 19.9. The summed E-state index contributed by atoms with van der Waals surface area (Å²) in [6.07, 6.45) is -0.220. The third-order valence-electron chi connectivity index (χ3n) is 6.32. The Morgan fingerprint density at radius 2 is 1.81 bits per heavy atom. The molecule has 0 spiro atoms. The molecule has 1 aliphatic rings. The number of halogens is 4. The van der Waals surface area contributed by atoms with Crippen LogP contribution < -0.4 is 10.6 Å². The fraction of sp³-hybridized carbons (Fsp3) is 0.231. The summed E-state index contributed by atoms with van der Waals surface area (Å²) in [6.45, 7) is -0.0872. The van der Waals surface area contributed by atoms with Crippen LogP contribution in [0.25, 0.3) is 16.7 Å². The first kappa shape index (κ1) is 24.0. The molecule has 1 aliphatic heterocycles. The maximum absolute atomic E-state index is 15.2. The van der Waals surface area contributed by atoms with Gasteiger partial charge in [-0.2, -0.15) is 0 Å². The highest BCUT2D eigenvalue weighted by molar-refractivity contribution is 6.31. The van der Waals surface area contributed by atoms with Crippen LogP contribution in [0.3, 0.4) is 0 Å². The number of nitrogens with zero attached hydrogens (tertiary/aromatic N) is 3. The molecule has 0 amide bonds. The maximum atomic E-state index is 15.2. The van der Waals surface area contributed by atoms with Crippen LogP contribution in [0, 0.1) is 5.82 Å². The maximum Gasteiger partial charge on any atom is 0.337 e. The Hall–Kier alpha value is -3.72. The van der Waals surface area contributed by atoms with Gasteiger partial charge >= 0.3 is 11.7 Å². The zero-order chi connectivity index (χ0) is 25.6. The first-order chi connectivity index (χ1) is 17.2. The summed E-state index contributed by atoms with van der Waals surface area (Å²) in [7, 11) is 1.28. The topological polar surface area (TPSA) is 56.5 Å². The van der Waals surface area contributed by atoms with E-state index in [0.717, 1.165) is 0 Å². The summed E-state index contributed by atoms with van der Waals surface area (Å²) >= 11 is 6.05. The van der Waals surface area contributed by atoms with Gasteiger partial charge in [0.05, 0.1) is 42.0 Å². The second-order valence-corrected chi connectivity index (χ2v) is 9.08. The third kappa shape index (κ3) is 4.24. The molecule has 0 saturated carbocycles. The van der Waals surface area contributed by atoms with Gasteiger partial charge in [0.2, 0.25) is 0 Å². The Morgan fingerprint density at radius 3 is 2.47 bits per heavy atom. The molecule has 5 rings (SSSR count). The Labute approximate surface area is 209 Å². The normalized spacial score (nSPS) is 15.0. The number of hydrogen-bond acceptors (Lipinski definition) is 4. The highest BCUT2D eigenvalue weighted by atomic mass is 35.5. The predicted molar refractivity (Wildman–Crippen MR) is 131 cm³/mol. The van der Waals surface area contributed by atoms with Crippen molar-refractivity contribution in [3.63, 3.8) is 0 Å². The molecule has 0 radical (unpaired) electrons. The fourth-order valence-corrected chi connectivity index (χ4v) is 4.69. The highest BCUT2D eigenvalue weighted by Gasteiger charge is 2.38. The second-order valence-electron chi connectivity index (χ2n) is 8.67. The fourth-order valence-electron chi connectivity index (χ4n) is 4.54. The number of fused-ring (bicyclic) bond motifs is 1. The third-order valence-corrected chi connectivity index (χ3v) is 6.61. The number of esters is 1. The van der Waals surface area contributed by atoms with Gasteiger partial charge < -0.3 is 9.64 Å². The van der Waals surface area contributed by atoms with Crippen molar-refractivity contribution in [2.24, 2.45) is 0 Å². The van der Waals surface area contributed by atoms with Gasteiger partial charge in [0.15, 0.2) is 5.82 Å². The highest BCUT2D eigenvalue weighted by Crippen LogP contribution is 2.32. The second kappa shape index (κ2) is 9.05. The van der Waals surface area contributed by atoms with Crippen LogP contribution in [0.4, 0.5) is 18.9 Å². The lowest BCUT2D eigenvalue weighted by atomic mass is 10.1. The molecule has 3 aromatic carbocycles. The molecule has 10 heteroatoms. The number of carbonyl (C=O) groups excluding carboxylic acids is 1. The lowest BCUT2D eigenvalue weighted by molar-refractivity contribution is 0.0257. The van der Waals surface area contributed by atoms with Crippen molar-refractivity contribution in [2.75, 3.05) is 25.1 Å². The molecule has 6 nitrogen and oxygen atoms in total. The van der Waals surface area contributed by atoms with Gasteiger partial charge in [-0.1, -0.05) is 23.7 Å². The van der Waals surface area contributed by atoms with E-state index in [0.29, 0.717) is 28.0 Å². The number of ether oxygens (including phenoxy) is 1. The van der Waals surface area contributed by atoms with Gasteiger partial charge in [-0.15, -0.1) is 0 Å². The minimum Gasteiger partial charge on any atom is -0.465 e. The standard InChI is InChI=1S/C26H21ClF3N3O3/c1-36-24(34)17-4-2-3-16(13-17)14-32-21-10-9-20(27)22(28)23(21)33(25(32)35)19-7-5-18(6-8-19)31-12-11-26(29,30)15-31/h2-10,13H,11-12,14-15H2,1H3. The van der Waals surface area contributed by atoms with Crippen LogP contribution in [0.5, 0.6) is 0 Å². The van der Waals surface area contributed by atoms with E-state index in [1.165, 1.54) is 22.3 Å². The number of imidazole rings is 1. The van der Waals surface area contributed by atoms with Crippen molar-refractivity contribution >= 4 is 34.3 Å². The van der Waals surface area contributed by atoms with Crippen molar-refractivity contribution in [1.82, 2.24) is 9.13 Å². The van der Waals surface area contributed by atoms with Crippen molar-refractivity contribution < 1.29 is 22.7 Å². The van der Waals surface area contributed by atoms with E-state index in [1.807, 2.05) is 0 Å². The molecule has 0 unspecified atom stereocenters. The molecule has 186 valence electrons. The molecule has 1 aromatic heterocycles. The van der Waals surface area contributed by atoms with Crippen LogP contribution in [-0.4, -0.2) is 41.2 Å². The molecule has 0 N–H and O–H groups in total. The Balaban J connectivity index is 1.59. The number of rotatable bonds is 5. The summed E-state index contributed by atoms with van der Waals surface area (Å²) in [6, 6.07) is 16.0. The number of anilines is 1. The van der Waals surface area contributed by atoms with Crippen LogP contribution >= 0.6 is 11.6 Å². The van der Waals surface area contributed by atoms with E-state index < -0.39 is 23.4 Å². The van der Waals surface area contributed by atoms with Crippen molar-refractivity contribution in [3.8, 4) is 5.69 Å². The van der Waals surface area contributed by atoms with E-state index in [-0.39, 0.29) is 36.6 Å². The molecule has 2 heterocycles. The Kier molecular flexibility index (Phi) is 6.04. The molecular weight excluding hydrogens is 495 g/mol. The average Bonchev–Trinajstić information content (AvgIpc) is 3.38. The molecule has 1 saturated heterocycles. The molecule has 0 atom stereocenters. The van der Waals surface area contributed by atoms with Crippen LogP contribution in [0.1, 0.15) is 22.3 Å². The SMILES string of the molecule is COC(=O)c1cccc(Cn2c(=O)n(-c3ccc(N4CCC(F)(F)C4)cc3)c3c(F)c(Cl)ccc32)c1. The first-order valence-electron chi connectivity index (χ1n) is 11.2. The van der Waals surface area contributed by atoms with Gasteiger partial charge in [0.25, 0.3) is 5.92 Å². The van der Waals surface area contributed by atoms with Crippen LogP contribution in [0.2, 0.25) is 5.02 Å². The Bertz CT molecular complexity index is 1530. The van der Waals surface area contributed by atoms with Crippen LogP contribution in [-0.2, 0) is 11.3 Å². The van der Waals surface area contributed by atoms with Gasteiger partial charge in [0, 0.05) is 18.7 Å². The van der Waals surface area contributed by atoms with E-state index in [1.54, 1.807) is 59.5 Å². The molecule has 1 fully saturated rings. The number of aromatic nitrogens is 2. The monoisotopic (exact) mass is 515 g/mol. The van der Waals surface area contributed by atoms with Gasteiger partial charge in [-0.05, 0) is 54.1 Å². The lowest BCUT2D eigenvalue weighted by Gasteiger charge is -2.18. The summed E-state index contributed by atoms with van der Waals surface area (Å²) in [5.74, 6) is -4.01. The number of alkyl halides is 2. The molecular formula is C26H21ClF3N3O3. The summed E-state index contributed by atoms with van der Waals surface area (Å²) in [5.41, 5.74) is 1.71. The number of hydrogen-bond donors (Lipinski definition) is 0. The number of methoxy groups -OCH3 is 1. The van der Waals surface area contributed by atoms with E-state index in [9.17, 15) is 18.4 Å². The van der Waals surface area contributed by atoms with Gasteiger partial charge in [-0.3, -0.25) is 9.13 Å². The lowest BCUT2D eigenvalue weighted by Crippen LogP contribution is -2.25. The largest absolute Gasteiger partial charge is 0.465 e. The first-order valence-corrected chi connectivity index (χ1v) is 11.6. The van der Waals surface area contributed by atoms with Crippen molar-refractivity contribution in [1.29, 1.82) is 0 Å². The molecule has 36 heavy (non-hydrogen) atoms. The zero-order valence-electron chi connectivity index (χ0n) is 19.2. The summed E-state index contributed by atoms with van der Waals surface area (Å²) in [5, 5.41) is -0.142. The molecule has 0 bridgehead atoms. The molecule has 4 aromatic rings. The van der Waals surface area contributed by atoms with Crippen molar-refractivity contribution in [2.45, 2.75) is 18.9 Å². The average molecular weight is 516 g/mol. The Morgan fingerprint density at radius 1 is 1.08 bits per heavy atom. The summed E-state index contributed by atoms with van der Waals surface area (Å²) < 4.78 is 49.9. The van der Waals surface area contributed by atoms with E-state index in [4.69, 9.17) is 16.3 Å². The molecule has 0 aliphatic carbocycles. The minimum atomic E-state index is -2.74. The summed E-state index contributed by atoms with van der Waals surface area (Å²) in [4.78, 5) is 27.1. The van der Waals surface area contributed by atoms with E-state index >= 15 is 4.39 Å².